The standard InChI is InChI=1S/C36H47N5O5/c1-9-10-11-12-13-29(42)40-41-32(44)26-22-37-30(38-23-26)24-14-20-28(21-15-24)36(8,33(45)46-35(5,6)7)39-31(43)25-16-18-27(19-17-25)34(2,3)4/h14-23H,9-13H2,1-8H3,(H,39,43)(H,40,42)(H,41,44)/t36-/m0/s1. The van der Waals surface area contributed by atoms with Crippen molar-refractivity contribution >= 4 is 23.7 Å². The second-order valence-electron chi connectivity index (χ2n) is 13.6. The fourth-order valence-electron chi connectivity index (χ4n) is 4.56. The van der Waals surface area contributed by atoms with Crippen LogP contribution in [-0.2, 0) is 25.3 Å². The van der Waals surface area contributed by atoms with Crippen LogP contribution in [0.15, 0.2) is 60.9 Å². The number of benzene rings is 2. The summed E-state index contributed by atoms with van der Waals surface area (Å²) in [6, 6.07) is 14.2. The van der Waals surface area contributed by atoms with Gasteiger partial charge >= 0.3 is 5.97 Å². The van der Waals surface area contributed by atoms with E-state index in [1.54, 1.807) is 64.1 Å². The molecule has 0 saturated heterocycles. The van der Waals surface area contributed by atoms with Crippen molar-refractivity contribution in [2.24, 2.45) is 0 Å². The average molecular weight is 630 g/mol. The predicted octanol–water partition coefficient (Wildman–Crippen LogP) is 6.16. The van der Waals surface area contributed by atoms with E-state index in [0.29, 0.717) is 28.9 Å². The minimum absolute atomic E-state index is 0.0663. The predicted molar refractivity (Wildman–Crippen MR) is 178 cm³/mol. The summed E-state index contributed by atoms with van der Waals surface area (Å²) in [7, 11) is 0. The molecule has 10 heteroatoms. The topological polar surface area (TPSA) is 139 Å². The van der Waals surface area contributed by atoms with Crippen molar-refractivity contribution in [2.75, 3.05) is 0 Å². The van der Waals surface area contributed by atoms with Crippen molar-refractivity contribution in [2.45, 2.75) is 104 Å². The zero-order chi connectivity index (χ0) is 34.1. The van der Waals surface area contributed by atoms with Crippen LogP contribution < -0.4 is 16.2 Å². The van der Waals surface area contributed by atoms with Crippen LogP contribution in [0.25, 0.3) is 11.4 Å². The quantitative estimate of drug-likeness (QED) is 0.131. The fraction of sp³-hybridized carbons (Fsp3) is 0.444. The van der Waals surface area contributed by atoms with Crippen LogP contribution >= 0.6 is 0 Å². The number of nitrogens with zero attached hydrogens (tertiary/aromatic N) is 2. The van der Waals surface area contributed by atoms with E-state index in [1.807, 2.05) is 12.1 Å². The lowest BCUT2D eigenvalue weighted by Gasteiger charge is -2.33. The molecule has 1 heterocycles. The Balaban J connectivity index is 1.76. The number of nitrogens with one attached hydrogen (secondary N) is 3. The summed E-state index contributed by atoms with van der Waals surface area (Å²) in [5.74, 6) is -1.45. The number of amides is 3. The average Bonchev–Trinajstić information content (AvgIpc) is 3.01. The minimum atomic E-state index is -1.51. The van der Waals surface area contributed by atoms with Gasteiger partial charge in [0.2, 0.25) is 5.91 Å². The van der Waals surface area contributed by atoms with Crippen LogP contribution in [0.5, 0.6) is 0 Å². The third-order valence-corrected chi connectivity index (χ3v) is 7.39. The van der Waals surface area contributed by atoms with E-state index in [9.17, 15) is 19.2 Å². The maximum absolute atomic E-state index is 13.5. The van der Waals surface area contributed by atoms with E-state index < -0.39 is 28.9 Å². The third-order valence-electron chi connectivity index (χ3n) is 7.39. The maximum Gasteiger partial charge on any atom is 0.336 e. The molecule has 3 amide bonds. The summed E-state index contributed by atoms with van der Waals surface area (Å²) >= 11 is 0. The third kappa shape index (κ3) is 9.95. The monoisotopic (exact) mass is 629 g/mol. The number of unbranched alkanes of at least 4 members (excludes halogenated alkanes) is 3. The number of carbonyl (C=O) groups excluding carboxylic acids is 4. The van der Waals surface area contributed by atoms with Gasteiger partial charge in [0.15, 0.2) is 11.4 Å². The fourth-order valence-corrected chi connectivity index (χ4v) is 4.56. The van der Waals surface area contributed by atoms with Gasteiger partial charge in [-0.3, -0.25) is 25.2 Å². The summed E-state index contributed by atoms with van der Waals surface area (Å²) in [4.78, 5) is 60.0. The molecule has 0 spiro atoms. The summed E-state index contributed by atoms with van der Waals surface area (Å²) in [6.45, 7) is 15.3. The lowest BCUT2D eigenvalue weighted by molar-refractivity contribution is -0.162. The van der Waals surface area contributed by atoms with Crippen LogP contribution in [0.2, 0.25) is 0 Å². The van der Waals surface area contributed by atoms with Crippen LogP contribution in [0.1, 0.15) is 119 Å². The molecule has 246 valence electrons. The summed E-state index contributed by atoms with van der Waals surface area (Å²) in [6.07, 6.45) is 6.96. The molecule has 2 aromatic carbocycles. The van der Waals surface area contributed by atoms with Crippen molar-refractivity contribution in [1.82, 2.24) is 26.1 Å². The molecule has 3 aromatic rings. The van der Waals surface area contributed by atoms with Crippen molar-refractivity contribution in [3.8, 4) is 11.4 Å². The summed E-state index contributed by atoms with van der Waals surface area (Å²) < 4.78 is 5.73. The molecule has 0 aliphatic carbocycles. The van der Waals surface area contributed by atoms with E-state index in [0.717, 1.165) is 31.2 Å². The highest BCUT2D eigenvalue weighted by molar-refractivity contribution is 5.98. The molecular formula is C36H47N5O5. The van der Waals surface area contributed by atoms with E-state index in [2.05, 4.69) is 53.8 Å². The number of esters is 1. The first-order chi connectivity index (χ1) is 21.5. The smallest absolute Gasteiger partial charge is 0.336 e. The number of hydrogen-bond acceptors (Lipinski definition) is 7. The zero-order valence-corrected chi connectivity index (χ0v) is 28.2. The molecule has 0 saturated carbocycles. The lowest BCUT2D eigenvalue weighted by Crippen LogP contribution is -2.52. The molecule has 1 aromatic heterocycles. The molecule has 0 aliphatic heterocycles. The van der Waals surface area contributed by atoms with Gasteiger partial charge in [-0.25, -0.2) is 14.8 Å². The van der Waals surface area contributed by atoms with Crippen LogP contribution in [-0.4, -0.2) is 39.3 Å². The van der Waals surface area contributed by atoms with Gasteiger partial charge < -0.3 is 10.1 Å². The van der Waals surface area contributed by atoms with E-state index in [4.69, 9.17) is 4.74 Å². The molecule has 46 heavy (non-hydrogen) atoms. The normalized spacial score (nSPS) is 12.9. The number of hydrazine groups is 1. The highest BCUT2D eigenvalue weighted by atomic mass is 16.6. The van der Waals surface area contributed by atoms with Gasteiger partial charge in [-0.1, -0.05) is 83.4 Å². The zero-order valence-electron chi connectivity index (χ0n) is 28.2. The first-order valence-electron chi connectivity index (χ1n) is 15.7. The molecule has 3 N–H and O–H groups in total. The van der Waals surface area contributed by atoms with Gasteiger partial charge in [-0.15, -0.1) is 0 Å². The van der Waals surface area contributed by atoms with Gasteiger partial charge in [0.05, 0.1) is 5.56 Å². The molecule has 0 fully saturated rings. The molecule has 1 atom stereocenters. The molecule has 10 nitrogen and oxygen atoms in total. The number of carbonyl (C=O) groups is 4. The Morgan fingerprint density at radius 2 is 1.28 bits per heavy atom. The highest BCUT2D eigenvalue weighted by Gasteiger charge is 2.40. The first-order valence-corrected chi connectivity index (χ1v) is 15.7. The van der Waals surface area contributed by atoms with E-state index >= 15 is 0 Å². The Morgan fingerprint density at radius 1 is 0.696 bits per heavy atom. The van der Waals surface area contributed by atoms with E-state index in [-0.39, 0.29) is 16.9 Å². The van der Waals surface area contributed by atoms with Gasteiger partial charge in [0.1, 0.15) is 5.60 Å². The first kappa shape index (κ1) is 35.9. The Labute approximate surface area is 272 Å². The van der Waals surface area contributed by atoms with Gasteiger partial charge in [-0.05, 0) is 62.8 Å². The minimum Gasteiger partial charge on any atom is -0.458 e. The highest BCUT2D eigenvalue weighted by Crippen LogP contribution is 2.28. The summed E-state index contributed by atoms with van der Waals surface area (Å²) in [5, 5.41) is 2.90. The second-order valence-corrected chi connectivity index (χ2v) is 13.6. The van der Waals surface area contributed by atoms with Gasteiger partial charge in [0.25, 0.3) is 11.8 Å². The van der Waals surface area contributed by atoms with Gasteiger partial charge in [0, 0.05) is 29.9 Å². The number of rotatable bonds is 11. The molecule has 0 aliphatic rings. The Morgan fingerprint density at radius 3 is 1.83 bits per heavy atom. The largest absolute Gasteiger partial charge is 0.458 e. The molecular weight excluding hydrogens is 582 g/mol. The van der Waals surface area contributed by atoms with Crippen LogP contribution in [0, 0.1) is 0 Å². The number of hydrogen-bond donors (Lipinski definition) is 3. The Bertz CT molecular complexity index is 1500. The van der Waals surface area contributed by atoms with Gasteiger partial charge in [-0.2, -0.15) is 0 Å². The molecule has 3 rings (SSSR count). The Kier molecular flexibility index (Phi) is 11.8. The maximum atomic E-state index is 13.5. The van der Waals surface area contributed by atoms with Crippen LogP contribution in [0.3, 0.4) is 0 Å². The van der Waals surface area contributed by atoms with Crippen molar-refractivity contribution in [3.05, 3.63) is 83.2 Å². The number of aromatic nitrogens is 2. The van der Waals surface area contributed by atoms with Crippen molar-refractivity contribution in [1.29, 1.82) is 0 Å². The number of ether oxygens (including phenoxy) is 1. The lowest BCUT2D eigenvalue weighted by atomic mass is 9.86. The SMILES string of the molecule is CCCCCCC(=O)NNC(=O)c1cnc(-c2ccc([C@](C)(NC(=O)c3ccc(C(C)(C)C)cc3)C(=O)OC(C)(C)C)cc2)nc1. The van der Waals surface area contributed by atoms with E-state index in [1.165, 1.54) is 12.4 Å². The molecule has 0 bridgehead atoms. The molecule has 0 radical (unpaired) electrons. The van der Waals surface area contributed by atoms with Crippen LogP contribution in [0.4, 0.5) is 0 Å². The Hall–Kier alpha value is -4.60. The van der Waals surface area contributed by atoms with Crippen molar-refractivity contribution in [3.63, 3.8) is 0 Å². The molecule has 0 unspecified atom stereocenters. The second kappa shape index (κ2) is 15.1. The summed E-state index contributed by atoms with van der Waals surface area (Å²) in [5.41, 5.74) is 5.28. The van der Waals surface area contributed by atoms with Crippen molar-refractivity contribution < 1.29 is 23.9 Å².